The van der Waals surface area contributed by atoms with Gasteiger partial charge in [0.1, 0.15) is 6.04 Å². The molecule has 5 rings (SSSR count). The van der Waals surface area contributed by atoms with Crippen molar-refractivity contribution in [3.8, 4) is 0 Å². The van der Waals surface area contributed by atoms with Crippen molar-refractivity contribution in [3.05, 3.63) is 81.8 Å². The van der Waals surface area contributed by atoms with Crippen LogP contribution in [0.4, 0.5) is 5.95 Å². The van der Waals surface area contributed by atoms with Gasteiger partial charge in [0.25, 0.3) is 0 Å². The number of hydrogen-bond acceptors (Lipinski definition) is 5. The first-order chi connectivity index (χ1) is 17.4. The van der Waals surface area contributed by atoms with E-state index in [1.54, 1.807) is 11.9 Å². The number of anilines is 1. The number of aryl methyl sites for hydroxylation is 1. The smallest absolute Gasteiger partial charge is 0.348 e. The van der Waals surface area contributed by atoms with E-state index in [2.05, 4.69) is 43.3 Å². The van der Waals surface area contributed by atoms with Crippen LogP contribution in [-0.4, -0.2) is 32.5 Å². The summed E-state index contributed by atoms with van der Waals surface area (Å²) >= 11 is 0. The molecule has 8 nitrogen and oxygen atoms in total. The molecule has 3 aromatic rings. The predicted molar refractivity (Wildman–Crippen MR) is 141 cm³/mol. The van der Waals surface area contributed by atoms with Crippen LogP contribution in [0.1, 0.15) is 67.7 Å². The third-order valence-electron chi connectivity index (χ3n) is 7.50. The van der Waals surface area contributed by atoms with Gasteiger partial charge in [-0.1, -0.05) is 79.4 Å². The van der Waals surface area contributed by atoms with Gasteiger partial charge in [0.2, 0.25) is 11.9 Å². The Morgan fingerprint density at radius 2 is 1.75 bits per heavy atom. The van der Waals surface area contributed by atoms with Crippen LogP contribution in [0.3, 0.4) is 0 Å². The van der Waals surface area contributed by atoms with Crippen LogP contribution >= 0.6 is 0 Å². The van der Waals surface area contributed by atoms with Crippen LogP contribution in [0.2, 0.25) is 0 Å². The summed E-state index contributed by atoms with van der Waals surface area (Å²) in [6.07, 6.45) is 5.79. The molecular formula is C28H34N6O2. The van der Waals surface area contributed by atoms with Crippen molar-refractivity contribution in [3.63, 3.8) is 0 Å². The quantitative estimate of drug-likeness (QED) is 0.546. The fourth-order valence-electron chi connectivity index (χ4n) is 5.34. The van der Waals surface area contributed by atoms with Crippen molar-refractivity contribution in [2.45, 2.75) is 64.5 Å². The molecule has 2 aliphatic rings. The minimum Gasteiger partial charge on any atom is -0.368 e. The number of carbonyl (C=O) groups is 1. The number of amides is 1. The summed E-state index contributed by atoms with van der Waals surface area (Å²) in [5.41, 5.74) is 9.60. The molecule has 1 aliphatic carbocycles. The molecule has 0 bridgehead atoms. The van der Waals surface area contributed by atoms with Crippen LogP contribution in [0.25, 0.3) is 0 Å². The van der Waals surface area contributed by atoms with E-state index in [9.17, 15) is 9.59 Å². The molecule has 8 heteroatoms. The zero-order valence-corrected chi connectivity index (χ0v) is 21.0. The summed E-state index contributed by atoms with van der Waals surface area (Å²) in [6, 6.07) is 17.7. The highest BCUT2D eigenvalue weighted by Gasteiger charge is 2.35. The third-order valence-corrected chi connectivity index (χ3v) is 7.50. The number of hydrogen-bond donors (Lipinski definition) is 1. The summed E-state index contributed by atoms with van der Waals surface area (Å²) in [5, 5.41) is 11.5. The fourth-order valence-corrected chi connectivity index (χ4v) is 5.34. The van der Waals surface area contributed by atoms with E-state index >= 15 is 0 Å². The van der Waals surface area contributed by atoms with E-state index in [0.717, 1.165) is 29.7 Å². The highest BCUT2D eigenvalue weighted by Crippen LogP contribution is 2.32. The van der Waals surface area contributed by atoms with E-state index in [1.807, 2.05) is 18.2 Å². The zero-order valence-electron chi connectivity index (χ0n) is 21.0. The number of carbonyl (C=O) groups excluding carboxylic acids is 1. The average molecular weight is 487 g/mol. The molecule has 1 amide bonds. The van der Waals surface area contributed by atoms with Crippen molar-refractivity contribution >= 4 is 17.6 Å². The molecule has 1 fully saturated rings. The largest absolute Gasteiger partial charge is 0.368 e. The lowest BCUT2D eigenvalue weighted by molar-refractivity contribution is -0.120. The Morgan fingerprint density at radius 3 is 2.42 bits per heavy atom. The highest BCUT2D eigenvalue weighted by atomic mass is 16.2. The van der Waals surface area contributed by atoms with Crippen molar-refractivity contribution in [1.82, 2.24) is 14.3 Å². The van der Waals surface area contributed by atoms with Crippen LogP contribution in [-0.2, 0) is 11.3 Å². The molecule has 188 valence electrons. The summed E-state index contributed by atoms with van der Waals surface area (Å²) < 4.78 is 2.93. The Bertz CT molecular complexity index is 1300. The maximum absolute atomic E-state index is 13.5. The first-order valence-corrected chi connectivity index (χ1v) is 12.9. The monoisotopic (exact) mass is 486 g/mol. The SMILES string of the molecule is Cc1ccc(C2=NN(c3nn(CC4CCCCC4)c(=O)n3C(C)C(N)=O)CC2c2ccccc2)cc1. The van der Waals surface area contributed by atoms with Crippen LogP contribution in [0.15, 0.2) is 64.5 Å². The van der Waals surface area contributed by atoms with Gasteiger partial charge in [-0.15, -0.1) is 5.10 Å². The number of nitrogens with two attached hydrogens (primary N) is 1. The van der Waals surface area contributed by atoms with Crippen LogP contribution < -0.4 is 16.4 Å². The standard InChI is InChI=1S/C28H34N6O2/c1-19-13-15-23(16-14-19)25-24(22-11-7-4-8-12-22)18-32(30-25)27-31-33(17-21-9-5-3-6-10-21)28(36)34(27)20(2)26(29)35/h4,7-8,11-16,20-21,24H,3,5-6,9-10,17-18H2,1-2H3,(H2,29,35). The van der Waals surface area contributed by atoms with E-state index < -0.39 is 11.9 Å². The second kappa shape index (κ2) is 10.1. The van der Waals surface area contributed by atoms with Gasteiger partial charge < -0.3 is 5.73 Å². The Balaban J connectivity index is 1.57. The van der Waals surface area contributed by atoms with Crippen molar-refractivity contribution in [2.24, 2.45) is 16.8 Å². The van der Waals surface area contributed by atoms with Gasteiger partial charge in [0.15, 0.2) is 0 Å². The molecule has 2 atom stereocenters. The molecule has 1 saturated carbocycles. The molecule has 36 heavy (non-hydrogen) atoms. The summed E-state index contributed by atoms with van der Waals surface area (Å²) in [4.78, 5) is 25.7. The molecular weight excluding hydrogens is 452 g/mol. The number of hydrazone groups is 1. The Kier molecular flexibility index (Phi) is 6.76. The van der Waals surface area contributed by atoms with E-state index in [0.29, 0.717) is 25.0 Å². The third kappa shape index (κ3) is 4.72. The first-order valence-electron chi connectivity index (χ1n) is 12.9. The number of primary amides is 1. The molecule has 0 spiro atoms. The van der Waals surface area contributed by atoms with Gasteiger partial charge in [-0.25, -0.2) is 19.1 Å². The zero-order chi connectivity index (χ0) is 25.2. The topological polar surface area (TPSA) is 98.5 Å². The molecule has 1 aromatic heterocycles. The predicted octanol–water partition coefficient (Wildman–Crippen LogP) is 3.99. The van der Waals surface area contributed by atoms with E-state index in [1.165, 1.54) is 34.1 Å². The minimum atomic E-state index is -0.832. The van der Waals surface area contributed by atoms with Gasteiger partial charge in [-0.05, 0) is 43.7 Å². The number of rotatable bonds is 7. The molecule has 2 heterocycles. The number of nitrogens with zero attached hydrogens (tertiary/aromatic N) is 5. The minimum absolute atomic E-state index is 0.00941. The Morgan fingerprint density at radius 1 is 1.06 bits per heavy atom. The fraction of sp³-hybridized carbons (Fsp3) is 0.429. The summed E-state index contributed by atoms with van der Waals surface area (Å²) in [6.45, 7) is 4.77. The van der Waals surface area contributed by atoms with Crippen LogP contribution in [0, 0.1) is 12.8 Å². The number of benzene rings is 2. The van der Waals surface area contributed by atoms with E-state index in [4.69, 9.17) is 15.9 Å². The van der Waals surface area contributed by atoms with Gasteiger partial charge in [0, 0.05) is 12.5 Å². The highest BCUT2D eigenvalue weighted by molar-refractivity contribution is 6.07. The molecule has 1 aliphatic heterocycles. The van der Waals surface area contributed by atoms with Gasteiger partial charge in [-0.3, -0.25) is 4.79 Å². The first kappa shape index (κ1) is 24.0. The molecule has 2 N–H and O–H groups in total. The lowest BCUT2D eigenvalue weighted by atomic mass is 9.89. The van der Waals surface area contributed by atoms with E-state index in [-0.39, 0.29) is 11.6 Å². The molecule has 0 radical (unpaired) electrons. The molecule has 2 unspecified atom stereocenters. The van der Waals surface area contributed by atoms with Crippen LogP contribution in [0.5, 0.6) is 0 Å². The van der Waals surface area contributed by atoms with Crippen molar-refractivity contribution in [1.29, 1.82) is 0 Å². The molecule has 2 aromatic carbocycles. The summed E-state index contributed by atoms with van der Waals surface area (Å²) in [7, 11) is 0. The second-order valence-corrected chi connectivity index (χ2v) is 10.1. The Hall–Kier alpha value is -3.68. The van der Waals surface area contributed by atoms with Gasteiger partial charge in [-0.2, -0.15) is 5.10 Å². The normalized spacial score (nSPS) is 19.3. The number of aromatic nitrogens is 3. The lowest BCUT2D eigenvalue weighted by Gasteiger charge is -2.20. The van der Waals surface area contributed by atoms with Crippen molar-refractivity contribution in [2.75, 3.05) is 11.6 Å². The lowest BCUT2D eigenvalue weighted by Crippen LogP contribution is -2.35. The van der Waals surface area contributed by atoms with Gasteiger partial charge >= 0.3 is 5.69 Å². The maximum Gasteiger partial charge on any atom is 0.348 e. The Labute approximate surface area is 211 Å². The van der Waals surface area contributed by atoms with Crippen molar-refractivity contribution < 1.29 is 4.79 Å². The van der Waals surface area contributed by atoms with Gasteiger partial charge in [0.05, 0.1) is 12.3 Å². The molecule has 0 saturated heterocycles. The maximum atomic E-state index is 13.5. The summed E-state index contributed by atoms with van der Waals surface area (Å²) in [5.74, 6) is 0.200. The second-order valence-electron chi connectivity index (χ2n) is 10.1. The average Bonchev–Trinajstić information content (AvgIpc) is 3.47.